The van der Waals surface area contributed by atoms with E-state index in [-0.39, 0.29) is 17.9 Å². The predicted molar refractivity (Wildman–Crippen MR) is 96.8 cm³/mol. The van der Waals surface area contributed by atoms with Gasteiger partial charge in [-0.15, -0.1) is 11.3 Å². The zero-order chi connectivity index (χ0) is 18.0. The molecule has 0 spiro atoms. The fraction of sp³-hybridized carbons (Fsp3) is 0.471. The fourth-order valence-corrected chi connectivity index (χ4v) is 4.05. The molecule has 134 valence electrons. The van der Waals surface area contributed by atoms with E-state index >= 15 is 0 Å². The second kappa shape index (κ2) is 7.47. The molecule has 0 saturated carbocycles. The average Bonchev–Trinajstić information content (AvgIpc) is 3.00. The zero-order valence-corrected chi connectivity index (χ0v) is 15.4. The molecular weight excluding hydrogens is 340 g/mol. The van der Waals surface area contributed by atoms with Gasteiger partial charge in [-0.3, -0.25) is 14.5 Å². The van der Waals surface area contributed by atoms with Crippen LogP contribution in [0.25, 0.3) is 10.2 Å². The molecule has 0 bridgehead atoms. The summed E-state index contributed by atoms with van der Waals surface area (Å²) < 4.78 is 5.97. The van der Waals surface area contributed by atoms with Gasteiger partial charge in [0.15, 0.2) is 0 Å². The van der Waals surface area contributed by atoms with E-state index in [1.165, 1.54) is 11.3 Å². The molecule has 2 amide bonds. The van der Waals surface area contributed by atoms with Crippen molar-refractivity contribution in [3.8, 4) is 0 Å². The second-order valence-electron chi connectivity index (χ2n) is 6.16. The smallest absolute Gasteiger partial charge is 0.261 e. The Labute approximate surface area is 150 Å². The van der Waals surface area contributed by atoms with Gasteiger partial charge < -0.3 is 15.0 Å². The first-order valence-electron chi connectivity index (χ1n) is 8.15. The van der Waals surface area contributed by atoms with Crippen molar-refractivity contribution in [1.29, 1.82) is 0 Å². The van der Waals surface area contributed by atoms with Crippen molar-refractivity contribution < 1.29 is 14.3 Å². The quantitative estimate of drug-likeness (QED) is 0.882. The number of ether oxygens (including phenoxy) is 1. The van der Waals surface area contributed by atoms with Gasteiger partial charge in [-0.25, -0.2) is 4.98 Å². The van der Waals surface area contributed by atoms with Gasteiger partial charge in [0.25, 0.3) is 5.91 Å². The highest BCUT2D eigenvalue weighted by Crippen LogP contribution is 2.37. The van der Waals surface area contributed by atoms with E-state index in [1.54, 1.807) is 32.2 Å². The maximum Gasteiger partial charge on any atom is 0.261 e. The van der Waals surface area contributed by atoms with E-state index in [9.17, 15) is 9.59 Å². The molecule has 3 rings (SSSR count). The number of carbonyl (C=O) groups is 2. The van der Waals surface area contributed by atoms with Crippen LogP contribution in [0, 0.1) is 0 Å². The third-order valence-corrected chi connectivity index (χ3v) is 5.40. The molecule has 0 unspecified atom stereocenters. The minimum absolute atomic E-state index is 0.0593. The molecule has 1 saturated heterocycles. The zero-order valence-electron chi connectivity index (χ0n) is 14.6. The van der Waals surface area contributed by atoms with Crippen LogP contribution >= 0.6 is 11.3 Å². The van der Waals surface area contributed by atoms with E-state index in [0.717, 1.165) is 15.8 Å². The molecule has 0 aliphatic carbocycles. The van der Waals surface area contributed by atoms with Crippen LogP contribution in [0.2, 0.25) is 0 Å². The summed E-state index contributed by atoms with van der Waals surface area (Å²) in [5, 5.41) is 3.64. The number of morpholine rings is 1. The Hall–Kier alpha value is -2.03. The molecule has 1 aliphatic rings. The Bertz CT molecular complexity index is 789. The number of nitrogens with zero attached hydrogens (tertiary/aromatic N) is 3. The molecule has 1 aliphatic heterocycles. The number of thiophene rings is 1. The highest BCUT2D eigenvalue weighted by molar-refractivity contribution is 7.20. The molecule has 1 fully saturated rings. The first-order valence-corrected chi connectivity index (χ1v) is 8.96. The van der Waals surface area contributed by atoms with Gasteiger partial charge in [0, 0.05) is 51.4 Å². The van der Waals surface area contributed by atoms with Crippen LogP contribution < -0.4 is 5.32 Å². The number of hydrogen-bond donors (Lipinski definition) is 1. The van der Waals surface area contributed by atoms with E-state index in [4.69, 9.17) is 4.74 Å². The van der Waals surface area contributed by atoms with Gasteiger partial charge in [0.2, 0.25) is 5.91 Å². The third kappa shape index (κ3) is 3.65. The number of likely N-dealkylation sites (N-methyl/N-ethyl adjacent to an activating group) is 1. The van der Waals surface area contributed by atoms with Gasteiger partial charge >= 0.3 is 0 Å². The lowest BCUT2D eigenvalue weighted by Crippen LogP contribution is -2.44. The average molecular weight is 362 g/mol. The minimum Gasteiger partial charge on any atom is -0.371 e. The van der Waals surface area contributed by atoms with E-state index in [0.29, 0.717) is 31.1 Å². The van der Waals surface area contributed by atoms with Crippen molar-refractivity contribution >= 4 is 33.4 Å². The molecule has 7 nitrogen and oxygen atoms in total. The highest BCUT2D eigenvalue weighted by Gasteiger charge is 2.30. The number of carbonyl (C=O) groups excluding carboxylic acids is 2. The number of pyridine rings is 1. The summed E-state index contributed by atoms with van der Waals surface area (Å²) in [6.45, 7) is 2.15. The molecule has 1 atom stereocenters. The molecule has 3 heterocycles. The largest absolute Gasteiger partial charge is 0.371 e. The van der Waals surface area contributed by atoms with Crippen molar-refractivity contribution in [2.75, 3.05) is 47.4 Å². The first kappa shape index (κ1) is 17.8. The maximum absolute atomic E-state index is 12.3. The number of aromatic nitrogens is 1. The molecular formula is C17H22N4O3S. The summed E-state index contributed by atoms with van der Waals surface area (Å²) >= 11 is 1.37. The maximum atomic E-state index is 12.3. The number of amides is 2. The third-order valence-electron chi connectivity index (χ3n) is 4.27. The molecule has 8 heteroatoms. The van der Waals surface area contributed by atoms with E-state index in [2.05, 4.69) is 15.2 Å². The van der Waals surface area contributed by atoms with Gasteiger partial charge in [-0.1, -0.05) is 6.07 Å². The van der Waals surface area contributed by atoms with Crippen molar-refractivity contribution in [2.45, 2.75) is 6.10 Å². The van der Waals surface area contributed by atoms with Crippen LogP contribution in [0.4, 0.5) is 0 Å². The first-order chi connectivity index (χ1) is 12.0. The Balaban J connectivity index is 1.92. The summed E-state index contributed by atoms with van der Waals surface area (Å²) in [4.78, 5) is 33.8. The Kier molecular flexibility index (Phi) is 5.31. The molecule has 25 heavy (non-hydrogen) atoms. The van der Waals surface area contributed by atoms with Crippen molar-refractivity contribution in [1.82, 2.24) is 20.1 Å². The van der Waals surface area contributed by atoms with Crippen LogP contribution in [-0.2, 0) is 9.53 Å². The lowest BCUT2D eigenvalue weighted by Gasteiger charge is -2.33. The summed E-state index contributed by atoms with van der Waals surface area (Å²) in [5.41, 5.74) is 0.870. The van der Waals surface area contributed by atoms with Crippen molar-refractivity contribution in [2.24, 2.45) is 0 Å². The Morgan fingerprint density at radius 1 is 1.48 bits per heavy atom. The number of hydrogen-bond acceptors (Lipinski definition) is 6. The number of fused-ring (bicyclic) bond motifs is 1. The lowest BCUT2D eigenvalue weighted by molar-refractivity contribution is -0.132. The van der Waals surface area contributed by atoms with Gasteiger partial charge in [-0.05, 0) is 6.07 Å². The summed E-state index contributed by atoms with van der Waals surface area (Å²) in [5.74, 6) is -0.0768. The van der Waals surface area contributed by atoms with Crippen LogP contribution in [0.1, 0.15) is 21.3 Å². The minimum atomic E-state index is -0.256. The van der Waals surface area contributed by atoms with Crippen LogP contribution in [0.3, 0.4) is 0 Å². The van der Waals surface area contributed by atoms with Crippen LogP contribution in [-0.4, -0.2) is 74.0 Å². The van der Waals surface area contributed by atoms with Crippen molar-refractivity contribution in [3.63, 3.8) is 0 Å². The summed E-state index contributed by atoms with van der Waals surface area (Å²) in [6.07, 6.45) is 1.47. The SMILES string of the molecule is CNC(=O)c1sc2ncccc2c1[C@H]1CN(CC(=O)N(C)C)CCO1. The number of rotatable bonds is 4. The lowest BCUT2D eigenvalue weighted by atomic mass is 10.0. The van der Waals surface area contributed by atoms with Gasteiger partial charge in [0.1, 0.15) is 9.71 Å². The van der Waals surface area contributed by atoms with E-state index < -0.39 is 0 Å². The summed E-state index contributed by atoms with van der Waals surface area (Å²) in [7, 11) is 5.12. The highest BCUT2D eigenvalue weighted by atomic mass is 32.1. The predicted octanol–water partition coefficient (Wildman–Crippen LogP) is 1.12. The molecule has 0 aromatic carbocycles. The molecule has 2 aromatic heterocycles. The fourth-order valence-electron chi connectivity index (χ4n) is 2.91. The van der Waals surface area contributed by atoms with Crippen LogP contribution in [0.5, 0.6) is 0 Å². The molecule has 2 aromatic rings. The summed E-state index contributed by atoms with van der Waals surface area (Å²) in [6, 6.07) is 3.83. The standard InChI is InChI=1S/C17H22N4O3S/c1-18-16(23)15-14(11-5-4-6-19-17(11)25-15)12-9-21(7-8-24-12)10-13(22)20(2)3/h4-6,12H,7-10H2,1-3H3,(H,18,23)/t12-/m1/s1. The van der Waals surface area contributed by atoms with Crippen molar-refractivity contribution in [3.05, 3.63) is 28.8 Å². The van der Waals surface area contributed by atoms with E-state index in [1.807, 2.05) is 12.1 Å². The number of nitrogens with one attached hydrogen (secondary N) is 1. The molecule has 0 radical (unpaired) electrons. The Morgan fingerprint density at radius 3 is 3.00 bits per heavy atom. The normalized spacial score (nSPS) is 18.3. The topological polar surface area (TPSA) is 74.8 Å². The van der Waals surface area contributed by atoms with Gasteiger partial charge in [-0.2, -0.15) is 0 Å². The second-order valence-corrected chi connectivity index (χ2v) is 7.16. The molecule has 1 N–H and O–H groups in total. The van der Waals surface area contributed by atoms with Crippen LogP contribution in [0.15, 0.2) is 18.3 Å². The Morgan fingerprint density at radius 2 is 2.28 bits per heavy atom. The van der Waals surface area contributed by atoms with Gasteiger partial charge in [0.05, 0.1) is 19.3 Å². The monoisotopic (exact) mass is 362 g/mol.